The van der Waals surface area contributed by atoms with Crippen LogP contribution in [0.4, 0.5) is 0 Å². The highest BCUT2D eigenvalue weighted by atomic mass is 32.2. The van der Waals surface area contributed by atoms with Gasteiger partial charge in [0.2, 0.25) is 0 Å². The van der Waals surface area contributed by atoms with Crippen molar-refractivity contribution in [1.29, 1.82) is 0 Å². The lowest BCUT2D eigenvalue weighted by Gasteiger charge is -2.30. The van der Waals surface area contributed by atoms with Crippen molar-refractivity contribution in [2.24, 2.45) is 0 Å². The minimum atomic E-state index is 0.327. The summed E-state index contributed by atoms with van der Waals surface area (Å²) < 4.78 is 0. The Morgan fingerprint density at radius 3 is 3.07 bits per heavy atom. The van der Waals surface area contributed by atoms with Crippen molar-refractivity contribution in [3.05, 3.63) is 0 Å². The molecule has 0 spiro atoms. The van der Waals surface area contributed by atoms with E-state index in [0.717, 1.165) is 18.7 Å². The average Bonchev–Trinajstić information content (AvgIpc) is 2.23. The van der Waals surface area contributed by atoms with E-state index in [1.165, 1.54) is 31.7 Å². The molecule has 1 atom stereocenters. The van der Waals surface area contributed by atoms with E-state index in [9.17, 15) is 0 Å². The van der Waals surface area contributed by atoms with Gasteiger partial charge in [-0.2, -0.15) is 11.8 Å². The topological polar surface area (TPSA) is 35.5 Å². The summed E-state index contributed by atoms with van der Waals surface area (Å²) in [5.74, 6) is 2.25. The molecule has 0 radical (unpaired) electrons. The van der Waals surface area contributed by atoms with Crippen molar-refractivity contribution in [3.63, 3.8) is 0 Å². The first kappa shape index (κ1) is 13.3. The van der Waals surface area contributed by atoms with Gasteiger partial charge in [-0.25, -0.2) is 0 Å². The molecule has 0 aromatic heterocycles. The summed E-state index contributed by atoms with van der Waals surface area (Å²) >= 11 is 1.93. The third-order valence-corrected chi connectivity index (χ3v) is 3.82. The fourth-order valence-electron chi connectivity index (χ4n) is 1.94. The van der Waals surface area contributed by atoms with Gasteiger partial charge in [0.1, 0.15) is 0 Å². The maximum atomic E-state index is 8.62. The summed E-state index contributed by atoms with van der Waals surface area (Å²) in [7, 11) is 2.20. The van der Waals surface area contributed by atoms with Gasteiger partial charge in [-0.3, -0.25) is 0 Å². The number of hydrogen-bond donors (Lipinski definition) is 2. The molecule has 0 aromatic rings. The van der Waals surface area contributed by atoms with E-state index in [1.807, 2.05) is 11.8 Å². The van der Waals surface area contributed by atoms with Crippen LogP contribution < -0.4 is 5.32 Å². The Morgan fingerprint density at radius 2 is 2.33 bits per heavy atom. The number of likely N-dealkylation sites (N-methyl/N-ethyl adjacent to an activating group) is 1. The van der Waals surface area contributed by atoms with Crippen LogP contribution in [0, 0.1) is 0 Å². The summed E-state index contributed by atoms with van der Waals surface area (Å²) in [4.78, 5) is 2.40. The van der Waals surface area contributed by atoms with Crippen molar-refractivity contribution in [1.82, 2.24) is 10.2 Å². The van der Waals surface area contributed by atoms with Crippen LogP contribution in [0.1, 0.15) is 19.3 Å². The molecular weight excluding hydrogens is 208 g/mol. The highest BCUT2D eigenvalue weighted by Gasteiger charge is 2.15. The van der Waals surface area contributed by atoms with E-state index in [1.54, 1.807) is 0 Å². The summed E-state index contributed by atoms with van der Waals surface area (Å²) in [6, 6.07) is 0.696. The van der Waals surface area contributed by atoms with E-state index in [4.69, 9.17) is 5.11 Å². The third kappa shape index (κ3) is 6.40. The fourth-order valence-corrected chi connectivity index (χ4v) is 2.74. The highest BCUT2D eigenvalue weighted by molar-refractivity contribution is 7.99. The van der Waals surface area contributed by atoms with Crippen molar-refractivity contribution >= 4 is 11.8 Å². The van der Waals surface area contributed by atoms with E-state index in [-0.39, 0.29) is 0 Å². The van der Waals surface area contributed by atoms with Gasteiger partial charge in [0.05, 0.1) is 0 Å². The Labute approximate surface area is 97.6 Å². The SMILES string of the molecule is CN1CCCC(NCCSCCCO)C1. The van der Waals surface area contributed by atoms with Crippen LogP contribution >= 0.6 is 11.8 Å². The molecular formula is C11H24N2OS. The average molecular weight is 232 g/mol. The molecule has 1 rings (SSSR count). The molecule has 3 nitrogen and oxygen atoms in total. The van der Waals surface area contributed by atoms with Crippen molar-refractivity contribution in [3.8, 4) is 0 Å². The van der Waals surface area contributed by atoms with Gasteiger partial charge in [0.15, 0.2) is 0 Å². The Balaban J connectivity index is 1.90. The minimum absolute atomic E-state index is 0.327. The van der Waals surface area contributed by atoms with E-state index in [0.29, 0.717) is 12.6 Å². The predicted molar refractivity (Wildman–Crippen MR) is 67.5 cm³/mol. The predicted octanol–water partition coefficient (Wildman–Crippen LogP) is 0.786. The van der Waals surface area contributed by atoms with Crippen molar-refractivity contribution in [2.45, 2.75) is 25.3 Å². The van der Waals surface area contributed by atoms with E-state index < -0.39 is 0 Å². The zero-order chi connectivity index (χ0) is 10.9. The molecule has 0 saturated carbocycles. The number of rotatable bonds is 7. The molecule has 1 heterocycles. The van der Waals surface area contributed by atoms with Gasteiger partial charge in [-0.1, -0.05) is 0 Å². The van der Waals surface area contributed by atoms with Gasteiger partial charge in [-0.15, -0.1) is 0 Å². The Kier molecular flexibility index (Phi) is 7.44. The normalized spacial score (nSPS) is 23.2. The summed E-state index contributed by atoms with van der Waals surface area (Å²) in [6.07, 6.45) is 3.58. The van der Waals surface area contributed by atoms with Gasteiger partial charge < -0.3 is 15.3 Å². The van der Waals surface area contributed by atoms with Crippen LogP contribution in [-0.2, 0) is 0 Å². The number of nitrogens with zero attached hydrogens (tertiary/aromatic N) is 1. The lowest BCUT2D eigenvalue weighted by atomic mass is 10.1. The summed E-state index contributed by atoms with van der Waals surface area (Å²) in [5, 5.41) is 12.2. The molecule has 0 amide bonds. The Morgan fingerprint density at radius 1 is 1.47 bits per heavy atom. The lowest BCUT2D eigenvalue weighted by molar-refractivity contribution is 0.229. The molecule has 90 valence electrons. The van der Waals surface area contributed by atoms with Crippen LogP contribution in [0.25, 0.3) is 0 Å². The van der Waals surface area contributed by atoms with Crippen LogP contribution in [0.2, 0.25) is 0 Å². The zero-order valence-electron chi connectivity index (χ0n) is 9.74. The fraction of sp³-hybridized carbons (Fsp3) is 1.00. The van der Waals surface area contributed by atoms with Gasteiger partial charge >= 0.3 is 0 Å². The molecule has 0 aromatic carbocycles. The zero-order valence-corrected chi connectivity index (χ0v) is 10.6. The number of thioether (sulfide) groups is 1. The molecule has 4 heteroatoms. The summed E-state index contributed by atoms with van der Waals surface area (Å²) in [6.45, 7) is 3.88. The van der Waals surface area contributed by atoms with Crippen molar-refractivity contribution < 1.29 is 5.11 Å². The largest absolute Gasteiger partial charge is 0.396 e. The maximum absolute atomic E-state index is 8.62. The van der Waals surface area contributed by atoms with E-state index >= 15 is 0 Å². The smallest absolute Gasteiger partial charge is 0.0438 e. The molecule has 1 fully saturated rings. The number of piperidine rings is 1. The second-order valence-corrected chi connectivity index (χ2v) is 5.47. The first-order valence-electron chi connectivity index (χ1n) is 5.93. The Hall–Kier alpha value is 0.230. The minimum Gasteiger partial charge on any atom is -0.396 e. The van der Waals surface area contributed by atoms with Gasteiger partial charge in [-0.05, 0) is 38.6 Å². The second kappa shape index (κ2) is 8.39. The molecule has 0 bridgehead atoms. The quantitative estimate of drug-likeness (QED) is 0.636. The molecule has 2 N–H and O–H groups in total. The molecule has 1 unspecified atom stereocenters. The molecule has 1 aliphatic rings. The Bertz CT molecular complexity index is 158. The first-order chi connectivity index (χ1) is 7.33. The van der Waals surface area contributed by atoms with Crippen LogP contribution in [0.3, 0.4) is 0 Å². The number of nitrogens with one attached hydrogen (secondary N) is 1. The van der Waals surface area contributed by atoms with Gasteiger partial charge in [0, 0.05) is 31.5 Å². The lowest BCUT2D eigenvalue weighted by Crippen LogP contribution is -2.44. The maximum Gasteiger partial charge on any atom is 0.0438 e. The summed E-state index contributed by atoms with van der Waals surface area (Å²) in [5.41, 5.74) is 0. The number of hydrogen-bond acceptors (Lipinski definition) is 4. The third-order valence-electron chi connectivity index (χ3n) is 2.75. The molecule has 1 aliphatic heterocycles. The van der Waals surface area contributed by atoms with Crippen LogP contribution in [-0.4, -0.2) is 60.8 Å². The number of aliphatic hydroxyl groups is 1. The van der Waals surface area contributed by atoms with Crippen LogP contribution in [0.15, 0.2) is 0 Å². The van der Waals surface area contributed by atoms with Crippen LogP contribution in [0.5, 0.6) is 0 Å². The van der Waals surface area contributed by atoms with Crippen molar-refractivity contribution in [2.75, 3.05) is 44.8 Å². The highest BCUT2D eigenvalue weighted by Crippen LogP contribution is 2.08. The molecule has 15 heavy (non-hydrogen) atoms. The number of aliphatic hydroxyl groups excluding tert-OH is 1. The first-order valence-corrected chi connectivity index (χ1v) is 7.09. The number of likely N-dealkylation sites (tertiary alicyclic amines) is 1. The monoisotopic (exact) mass is 232 g/mol. The van der Waals surface area contributed by atoms with Gasteiger partial charge in [0.25, 0.3) is 0 Å². The van der Waals surface area contributed by atoms with E-state index in [2.05, 4.69) is 17.3 Å². The second-order valence-electron chi connectivity index (χ2n) is 4.25. The standard InChI is InChI=1S/C11H24N2OS/c1-13-6-2-4-11(10-13)12-5-9-15-8-3-7-14/h11-12,14H,2-10H2,1H3. The molecule has 0 aliphatic carbocycles. The molecule has 1 saturated heterocycles.